The number of hydrogen-bond acceptors (Lipinski definition) is 0. The molecule has 0 atom stereocenters. The highest BCUT2D eigenvalue weighted by Gasteiger charge is 2.19. The van der Waals surface area contributed by atoms with Crippen molar-refractivity contribution in [3.8, 4) is 0 Å². The van der Waals surface area contributed by atoms with Gasteiger partial charge in [0.25, 0.3) is 0 Å². The first-order chi connectivity index (χ1) is 10.3. The minimum absolute atomic E-state index is 0.561. The van der Waals surface area contributed by atoms with Crippen LogP contribution in [0.2, 0.25) is 0 Å². The van der Waals surface area contributed by atoms with E-state index >= 15 is 0 Å². The molecule has 0 aromatic heterocycles. The Bertz CT molecular complexity index is 598. The molecule has 0 saturated carbocycles. The summed E-state index contributed by atoms with van der Waals surface area (Å²) < 4.78 is 0. The van der Waals surface area contributed by atoms with Crippen molar-refractivity contribution >= 4 is 10.8 Å². The molecule has 120 valence electrons. The Hall–Kier alpha value is -1.30. The number of benzene rings is 2. The molecule has 2 rings (SSSR count). The van der Waals surface area contributed by atoms with E-state index in [2.05, 4.69) is 79.7 Å². The van der Waals surface area contributed by atoms with Crippen LogP contribution < -0.4 is 0 Å². The van der Waals surface area contributed by atoms with Crippen LogP contribution >= 0.6 is 0 Å². The lowest BCUT2D eigenvalue weighted by atomic mass is 9.81. The van der Waals surface area contributed by atoms with Crippen molar-refractivity contribution in [2.24, 2.45) is 0 Å². The van der Waals surface area contributed by atoms with Crippen LogP contribution in [0.5, 0.6) is 0 Å². The minimum Gasteiger partial charge on any atom is -0.0587 e. The molecule has 2 aromatic carbocycles. The fourth-order valence-corrected chi connectivity index (χ4v) is 3.78. The Morgan fingerprint density at radius 2 is 0.773 bits per heavy atom. The Balaban J connectivity index is 2.90. The second kappa shape index (κ2) is 6.44. The molecule has 0 bridgehead atoms. The summed E-state index contributed by atoms with van der Waals surface area (Å²) in [5.74, 6) is 2.28. The molecule has 0 aliphatic rings. The SMILES string of the molecule is CC(C)c1ccc2c(C(C)C)c(C(C)C)ccc2c1C(C)C. The fourth-order valence-electron chi connectivity index (χ4n) is 3.78. The van der Waals surface area contributed by atoms with Gasteiger partial charge in [-0.2, -0.15) is 0 Å². The number of hydrogen-bond donors (Lipinski definition) is 0. The van der Waals surface area contributed by atoms with E-state index in [-0.39, 0.29) is 0 Å². The highest BCUT2D eigenvalue weighted by atomic mass is 14.2. The number of fused-ring (bicyclic) bond motifs is 1. The van der Waals surface area contributed by atoms with Gasteiger partial charge in [-0.15, -0.1) is 0 Å². The first-order valence-corrected chi connectivity index (χ1v) is 8.84. The first-order valence-electron chi connectivity index (χ1n) is 8.84. The first kappa shape index (κ1) is 17.1. The van der Waals surface area contributed by atoms with Crippen LogP contribution in [0.15, 0.2) is 24.3 Å². The standard InChI is InChI=1S/C22H32/c1-13(2)17-9-11-20-19(21(17)15(5)6)12-10-18(14(3)4)22(20)16(7)8/h9-16H,1-8H3. The summed E-state index contributed by atoms with van der Waals surface area (Å²) in [6.45, 7) is 18.5. The summed E-state index contributed by atoms with van der Waals surface area (Å²) in [7, 11) is 0. The molecule has 22 heavy (non-hydrogen) atoms. The highest BCUT2D eigenvalue weighted by molar-refractivity contribution is 5.91. The predicted molar refractivity (Wildman–Crippen MR) is 100 cm³/mol. The van der Waals surface area contributed by atoms with Gasteiger partial charge in [-0.25, -0.2) is 0 Å². The lowest BCUT2D eigenvalue weighted by Gasteiger charge is -2.24. The maximum Gasteiger partial charge on any atom is -0.0143 e. The van der Waals surface area contributed by atoms with Gasteiger partial charge >= 0.3 is 0 Å². The summed E-state index contributed by atoms with van der Waals surface area (Å²) >= 11 is 0. The molecule has 0 spiro atoms. The smallest absolute Gasteiger partial charge is 0.0143 e. The Labute approximate surface area is 136 Å². The lowest BCUT2D eigenvalue weighted by Crippen LogP contribution is -2.04. The zero-order chi connectivity index (χ0) is 16.6. The van der Waals surface area contributed by atoms with E-state index in [4.69, 9.17) is 0 Å². The van der Waals surface area contributed by atoms with Crippen LogP contribution in [0, 0.1) is 0 Å². The zero-order valence-electron chi connectivity index (χ0n) is 15.6. The molecule has 0 amide bonds. The third kappa shape index (κ3) is 2.93. The van der Waals surface area contributed by atoms with Crippen molar-refractivity contribution in [1.82, 2.24) is 0 Å². The Kier molecular flexibility index (Phi) is 5.00. The molecule has 0 heterocycles. The second-order valence-electron chi connectivity index (χ2n) is 7.85. The van der Waals surface area contributed by atoms with Crippen LogP contribution in [0.1, 0.15) is 101 Å². The third-order valence-corrected chi connectivity index (χ3v) is 4.75. The largest absolute Gasteiger partial charge is 0.0587 e. The summed E-state index contributed by atoms with van der Waals surface area (Å²) in [6, 6.07) is 9.49. The van der Waals surface area contributed by atoms with E-state index in [9.17, 15) is 0 Å². The molecule has 2 aromatic rings. The normalized spacial score (nSPS) is 12.4. The van der Waals surface area contributed by atoms with Crippen LogP contribution in [0.3, 0.4) is 0 Å². The van der Waals surface area contributed by atoms with E-state index in [1.54, 1.807) is 11.1 Å². The molecule has 0 N–H and O–H groups in total. The molecule has 0 heteroatoms. The van der Waals surface area contributed by atoms with Gasteiger partial charge in [-0.05, 0) is 56.7 Å². The monoisotopic (exact) mass is 296 g/mol. The van der Waals surface area contributed by atoms with Crippen molar-refractivity contribution in [1.29, 1.82) is 0 Å². The van der Waals surface area contributed by atoms with Crippen molar-refractivity contribution in [2.75, 3.05) is 0 Å². The van der Waals surface area contributed by atoms with E-state index in [0.29, 0.717) is 23.7 Å². The molecular weight excluding hydrogens is 264 g/mol. The van der Waals surface area contributed by atoms with Gasteiger partial charge < -0.3 is 0 Å². The summed E-state index contributed by atoms with van der Waals surface area (Å²) in [5, 5.41) is 2.93. The summed E-state index contributed by atoms with van der Waals surface area (Å²) in [5.41, 5.74) is 6.11. The van der Waals surface area contributed by atoms with Gasteiger partial charge in [-0.3, -0.25) is 0 Å². The lowest BCUT2D eigenvalue weighted by molar-refractivity contribution is 0.789. The molecule has 0 nitrogen and oxygen atoms in total. The van der Waals surface area contributed by atoms with Gasteiger partial charge in [0.05, 0.1) is 0 Å². The fraction of sp³-hybridized carbons (Fsp3) is 0.545. The summed E-state index contributed by atoms with van der Waals surface area (Å²) in [4.78, 5) is 0. The van der Waals surface area contributed by atoms with Gasteiger partial charge in [0, 0.05) is 0 Å². The maximum atomic E-state index is 2.37. The molecule has 0 radical (unpaired) electrons. The van der Waals surface area contributed by atoms with Crippen molar-refractivity contribution in [3.05, 3.63) is 46.5 Å². The van der Waals surface area contributed by atoms with Crippen LogP contribution in [0.25, 0.3) is 10.8 Å². The van der Waals surface area contributed by atoms with E-state index in [0.717, 1.165) is 0 Å². The van der Waals surface area contributed by atoms with Gasteiger partial charge in [-0.1, -0.05) is 79.7 Å². The van der Waals surface area contributed by atoms with Crippen molar-refractivity contribution in [3.63, 3.8) is 0 Å². The minimum atomic E-state index is 0.561. The van der Waals surface area contributed by atoms with Crippen molar-refractivity contribution < 1.29 is 0 Å². The van der Waals surface area contributed by atoms with Gasteiger partial charge in [0.15, 0.2) is 0 Å². The van der Waals surface area contributed by atoms with Gasteiger partial charge in [0.1, 0.15) is 0 Å². The van der Waals surface area contributed by atoms with Crippen LogP contribution in [-0.4, -0.2) is 0 Å². The summed E-state index contributed by atoms with van der Waals surface area (Å²) in [6.07, 6.45) is 0. The second-order valence-corrected chi connectivity index (χ2v) is 7.85. The molecule has 0 aliphatic carbocycles. The molecule has 0 saturated heterocycles. The third-order valence-electron chi connectivity index (χ3n) is 4.75. The van der Waals surface area contributed by atoms with Crippen LogP contribution in [-0.2, 0) is 0 Å². The molecular formula is C22H32. The van der Waals surface area contributed by atoms with Gasteiger partial charge in [0.2, 0.25) is 0 Å². The highest BCUT2D eigenvalue weighted by Crippen LogP contribution is 2.39. The number of rotatable bonds is 4. The molecule has 0 fully saturated rings. The molecule has 0 unspecified atom stereocenters. The maximum absolute atomic E-state index is 2.37. The Morgan fingerprint density at radius 1 is 0.455 bits per heavy atom. The van der Waals surface area contributed by atoms with E-state index in [1.807, 2.05) is 0 Å². The average molecular weight is 296 g/mol. The predicted octanol–water partition coefficient (Wildman–Crippen LogP) is 7.33. The Morgan fingerprint density at radius 3 is 1.00 bits per heavy atom. The average Bonchev–Trinajstić information content (AvgIpc) is 2.43. The molecule has 0 aliphatic heterocycles. The topological polar surface area (TPSA) is 0 Å². The zero-order valence-corrected chi connectivity index (χ0v) is 15.6. The van der Waals surface area contributed by atoms with Crippen molar-refractivity contribution in [2.45, 2.75) is 79.1 Å². The van der Waals surface area contributed by atoms with Crippen LogP contribution in [0.4, 0.5) is 0 Å². The van der Waals surface area contributed by atoms with E-state index in [1.165, 1.54) is 21.9 Å². The van der Waals surface area contributed by atoms with E-state index < -0.39 is 0 Å². The quantitative estimate of drug-likeness (QED) is 0.554.